The van der Waals surface area contributed by atoms with E-state index in [-0.39, 0.29) is 6.42 Å². The van der Waals surface area contributed by atoms with Crippen molar-refractivity contribution in [2.75, 3.05) is 13.1 Å². The summed E-state index contributed by atoms with van der Waals surface area (Å²) in [6, 6.07) is 0.605. The van der Waals surface area contributed by atoms with Crippen LogP contribution in [0.4, 0.5) is 0 Å². The molecule has 0 aromatic heterocycles. The first-order valence-corrected chi connectivity index (χ1v) is 7.86. The molecule has 3 nitrogen and oxygen atoms in total. The van der Waals surface area contributed by atoms with Gasteiger partial charge in [0.05, 0.1) is 6.42 Å². The van der Waals surface area contributed by atoms with Crippen LogP contribution in [0.5, 0.6) is 0 Å². The van der Waals surface area contributed by atoms with Crippen molar-refractivity contribution in [3.63, 3.8) is 0 Å². The lowest BCUT2D eigenvalue weighted by atomic mass is 9.68. The molecular formula is C16H31NO2. The smallest absolute Gasteiger partial charge is 0.304 e. The molecule has 1 saturated carbocycles. The summed E-state index contributed by atoms with van der Waals surface area (Å²) >= 11 is 0. The topological polar surface area (TPSA) is 40.5 Å². The van der Waals surface area contributed by atoms with Crippen LogP contribution < -0.4 is 0 Å². The van der Waals surface area contributed by atoms with E-state index in [2.05, 4.69) is 32.6 Å². The van der Waals surface area contributed by atoms with E-state index in [0.29, 0.717) is 18.0 Å². The van der Waals surface area contributed by atoms with Gasteiger partial charge in [0.2, 0.25) is 0 Å². The molecule has 0 bridgehead atoms. The Labute approximate surface area is 118 Å². The van der Waals surface area contributed by atoms with E-state index in [0.717, 1.165) is 12.5 Å². The third-order valence-corrected chi connectivity index (χ3v) is 5.25. The fraction of sp³-hybridized carbons (Fsp3) is 0.938. The van der Waals surface area contributed by atoms with Gasteiger partial charge in [-0.25, -0.2) is 0 Å². The first kappa shape index (κ1) is 16.5. The molecule has 112 valence electrons. The number of carboxylic acids is 1. The summed E-state index contributed by atoms with van der Waals surface area (Å²) in [4.78, 5) is 13.1. The average molecular weight is 269 g/mol. The van der Waals surface area contributed by atoms with Crippen LogP contribution in [0, 0.1) is 11.3 Å². The van der Waals surface area contributed by atoms with E-state index in [1.807, 2.05) is 0 Å². The highest BCUT2D eigenvalue weighted by molar-refractivity contribution is 5.66. The van der Waals surface area contributed by atoms with Gasteiger partial charge in [0, 0.05) is 12.6 Å². The summed E-state index contributed by atoms with van der Waals surface area (Å²) in [5.41, 5.74) is 0.461. The number of rotatable bonds is 7. The lowest BCUT2D eigenvalue weighted by Gasteiger charge is -2.42. The van der Waals surface area contributed by atoms with Gasteiger partial charge in [0.15, 0.2) is 0 Å². The maximum atomic E-state index is 10.7. The Morgan fingerprint density at radius 1 is 1.21 bits per heavy atom. The lowest BCUT2D eigenvalue weighted by Crippen LogP contribution is -2.41. The molecule has 0 aromatic carbocycles. The Kier molecular flexibility index (Phi) is 6.31. The van der Waals surface area contributed by atoms with Crippen molar-refractivity contribution < 1.29 is 9.90 Å². The Bertz CT molecular complexity index is 280. The molecular weight excluding hydrogens is 238 g/mol. The maximum Gasteiger partial charge on any atom is 0.304 e. The van der Waals surface area contributed by atoms with E-state index in [9.17, 15) is 4.79 Å². The number of hydrogen-bond acceptors (Lipinski definition) is 2. The van der Waals surface area contributed by atoms with Gasteiger partial charge in [0.25, 0.3) is 0 Å². The van der Waals surface area contributed by atoms with Crippen molar-refractivity contribution in [3.05, 3.63) is 0 Å². The van der Waals surface area contributed by atoms with Gasteiger partial charge >= 0.3 is 5.97 Å². The number of carboxylic acid groups (broad SMARTS) is 1. The number of aliphatic carboxylic acids is 1. The quantitative estimate of drug-likeness (QED) is 0.764. The summed E-state index contributed by atoms with van der Waals surface area (Å²) in [6.45, 7) is 10.9. The Morgan fingerprint density at radius 2 is 1.79 bits per heavy atom. The van der Waals surface area contributed by atoms with E-state index in [1.54, 1.807) is 0 Å². The normalized spacial score (nSPS) is 24.7. The number of hydrogen-bond donors (Lipinski definition) is 1. The second-order valence-electron chi connectivity index (χ2n) is 6.62. The SMILES string of the molecule is CCN(CCC(=O)O)C1CCC(C(C)(C)CC)CC1. The molecule has 1 aliphatic rings. The van der Waals surface area contributed by atoms with Crippen molar-refractivity contribution in [1.82, 2.24) is 4.90 Å². The Balaban J connectivity index is 2.45. The highest BCUT2D eigenvalue weighted by Crippen LogP contribution is 2.41. The monoisotopic (exact) mass is 269 g/mol. The van der Waals surface area contributed by atoms with Gasteiger partial charge in [-0.05, 0) is 43.6 Å². The standard InChI is InChI=1S/C16H31NO2/c1-5-16(3,4)13-7-9-14(10-8-13)17(6-2)12-11-15(18)19/h13-14H,5-12H2,1-4H3,(H,18,19). The molecule has 1 N–H and O–H groups in total. The molecule has 1 rings (SSSR count). The number of carbonyl (C=O) groups is 1. The minimum atomic E-state index is -0.681. The minimum absolute atomic E-state index is 0.272. The Hall–Kier alpha value is -0.570. The molecule has 0 aromatic rings. The summed E-state index contributed by atoms with van der Waals surface area (Å²) < 4.78 is 0. The van der Waals surface area contributed by atoms with Crippen LogP contribution in [-0.2, 0) is 4.79 Å². The van der Waals surface area contributed by atoms with E-state index >= 15 is 0 Å². The van der Waals surface area contributed by atoms with Crippen LogP contribution >= 0.6 is 0 Å². The predicted molar refractivity (Wildman–Crippen MR) is 79.3 cm³/mol. The van der Waals surface area contributed by atoms with Crippen LogP contribution in [0.25, 0.3) is 0 Å². The van der Waals surface area contributed by atoms with Gasteiger partial charge in [0.1, 0.15) is 0 Å². The van der Waals surface area contributed by atoms with Crippen LogP contribution in [-0.4, -0.2) is 35.1 Å². The second-order valence-corrected chi connectivity index (χ2v) is 6.62. The highest BCUT2D eigenvalue weighted by atomic mass is 16.4. The fourth-order valence-electron chi connectivity index (χ4n) is 3.35. The molecule has 0 aliphatic heterocycles. The van der Waals surface area contributed by atoms with Crippen LogP contribution in [0.3, 0.4) is 0 Å². The van der Waals surface area contributed by atoms with Crippen molar-refractivity contribution in [1.29, 1.82) is 0 Å². The van der Waals surface area contributed by atoms with Gasteiger partial charge < -0.3 is 10.0 Å². The van der Waals surface area contributed by atoms with E-state index < -0.39 is 5.97 Å². The zero-order chi connectivity index (χ0) is 14.5. The van der Waals surface area contributed by atoms with Crippen LogP contribution in [0.15, 0.2) is 0 Å². The highest BCUT2D eigenvalue weighted by Gasteiger charge is 2.33. The fourth-order valence-corrected chi connectivity index (χ4v) is 3.35. The van der Waals surface area contributed by atoms with E-state index in [4.69, 9.17) is 5.11 Å². The zero-order valence-electron chi connectivity index (χ0n) is 13.1. The summed E-state index contributed by atoms with van der Waals surface area (Å²) in [5, 5.41) is 8.81. The second kappa shape index (κ2) is 7.28. The molecule has 0 spiro atoms. The van der Waals surface area contributed by atoms with Gasteiger partial charge in [-0.3, -0.25) is 4.79 Å². The molecule has 0 heterocycles. The summed E-state index contributed by atoms with van der Waals surface area (Å²) in [5.74, 6) is 0.159. The summed E-state index contributed by atoms with van der Waals surface area (Å²) in [7, 11) is 0. The molecule has 0 amide bonds. The zero-order valence-corrected chi connectivity index (χ0v) is 13.1. The van der Waals surface area contributed by atoms with Crippen LogP contribution in [0.2, 0.25) is 0 Å². The van der Waals surface area contributed by atoms with Gasteiger partial charge in [-0.1, -0.05) is 34.1 Å². The minimum Gasteiger partial charge on any atom is -0.481 e. The van der Waals surface area contributed by atoms with E-state index in [1.165, 1.54) is 32.1 Å². The van der Waals surface area contributed by atoms with Crippen molar-refractivity contribution in [3.8, 4) is 0 Å². The molecule has 1 fully saturated rings. The predicted octanol–water partition coefficient (Wildman–Crippen LogP) is 3.78. The van der Waals surface area contributed by atoms with Crippen molar-refractivity contribution in [2.45, 2.75) is 72.3 Å². The lowest BCUT2D eigenvalue weighted by molar-refractivity contribution is -0.137. The third kappa shape index (κ3) is 4.79. The molecule has 19 heavy (non-hydrogen) atoms. The summed E-state index contributed by atoms with van der Waals surface area (Å²) in [6.07, 6.45) is 6.60. The Morgan fingerprint density at radius 3 is 2.21 bits per heavy atom. The molecule has 0 atom stereocenters. The molecule has 0 radical (unpaired) electrons. The first-order chi connectivity index (χ1) is 8.90. The molecule has 1 aliphatic carbocycles. The average Bonchev–Trinajstić information content (AvgIpc) is 2.39. The van der Waals surface area contributed by atoms with Crippen molar-refractivity contribution >= 4 is 5.97 Å². The number of nitrogens with zero attached hydrogens (tertiary/aromatic N) is 1. The van der Waals surface area contributed by atoms with Gasteiger partial charge in [-0.15, -0.1) is 0 Å². The molecule has 3 heteroatoms. The molecule has 0 unspecified atom stereocenters. The largest absolute Gasteiger partial charge is 0.481 e. The molecule has 0 saturated heterocycles. The maximum absolute atomic E-state index is 10.7. The van der Waals surface area contributed by atoms with Crippen molar-refractivity contribution in [2.24, 2.45) is 11.3 Å². The third-order valence-electron chi connectivity index (χ3n) is 5.25. The van der Waals surface area contributed by atoms with Crippen LogP contribution in [0.1, 0.15) is 66.2 Å². The van der Waals surface area contributed by atoms with Gasteiger partial charge in [-0.2, -0.15) is 0 Å². The first-order valence-electron chi connectivity index (χ1n) is 7.86.